The number of ether oxygens (including phenoxy) is 2. The van der Waals surface area contributed by atoms with Crippen LogP contribution in [0.25, 0.3) is 0 Å². The van der Waals surface area contributed by atoms with Crippen LogP contribution in [0.2, 0.25) is 5.02 Å². The number of benzene rings is 2. The SMILES string of the molecule is COc1ccccc1O[C@H](C)C(=O)N1CCN(c2cc(Cl)ccc2C)CC1. The van der Waals surface area contributed by atoms with Crippen LogP contribution in [0.15, 0.2) is 42.5 Å². The third-order valence-corrected chi connectivity index (χ3v) is 5.06. The lowest BCUT2D eigenvalue weighted by atomic mass is 10.1. The topological polar surface area (TPSA) is 42.0 Å². The minimum Gasteiger partial charge on any atom is -0.493 e. The number of hydrogen-bond donors (Lipinski definition) is 0. The van der Waals surface area contributed by atoms with Crippen molar-refractivity contribution in [1.82, 2.24) is 4.90 Å². The van der Waals surface area contributed by atoms with Crippen LogP contribution < -0.4 is 14.4 Å². The molecule has 1 fully saturated rings. The van der Waals surface area contributed by atoms with E-state index in [1.165, 1.54) is 5.56 Å². The van der Waals surface area contributed by atoms with E-state index in [-0.39, 0.29) is 5.91 Å². The number of anilines is 1. The quantitative estimate of drug-likeness (QED) is 0.781. The molecule has 0 aliphatic carbocycles. The van der Waals surface area contributed by atoms with Crippen LogP contribution in [0.5, 0.6) is 11.5 Å². The molecule has 5 nitrogen and oxygen atoms in total. The Kier molecular flexibility index (Phi) is 6.11. The number of hydrogen-bond acceptors (Lipinski definition) is 4. The smallest absolute Gasteiger partial charge is 0.263 e. The van der Waals surface area contributed by atoms with Crippen LogP contribution >= 0.6 is 11.6 Å². The van der Waals surface area contributed by atoms with Crippen molar-refractivity contribution >= 4 is 23.2 Å². The summed E-state index contributed by atoms with van der Waals surface area (Å²) in [5, 5.41) is 0.730. The maximum Gasteiger partial charge on any atom is 0.263 e. The van der Waals surface area contributed by atoms with E-state index in [0.29, 0.717) is 24.6 Å². The summed E-state index contributed by atoms with van der Waals surface area (Å²) in [5.41, 5.74) is 2.32. The van der Waals surface area contributed by atoms with Gasteiger partial charge in [-0.15, -0.1) is 0 Å². The molecule has 0 saturated carbocycles. The highest BCUT2D eigenvalue weighted by molar-refractivity contribution is 6.30. The van der Waals surface area contributed by atoms with Crippen molar-refractivity contribution in [2.45, 2.75) is 20.0 Å². The van der Waals surface area contributed by atoms with Crippen LogP contribution in [0.4, 0.5) is 5.69 Å². The van der Waals surface area contributed by atoms with Gasteiger partial charge in [0.1, 0.15) is 0 Å². The maximum atomic E-state index is 12.8. The molecule has 0 N–H and O–H groups in total. The van der Waals surface area contributed by atoms with Gasteiger partial charge in [0.25, 0.3) is 5.91 Å². The van der Waals surface area contributed by atoms with E-state index in [2.05, 4.69) is 11.8 Å². The van der Waals surface area contributed by atoms with E-state index in [1.807, 2.05) is 47.4 Å². The average Bonchev–Trinajstić information content (AvgIpc) is 2.69. The molecular weight excluding hydrogens is 364 g/mol. The van der Waals surface area contributed by atoms with Gasteiger partial charge < -0.3 is 19.3 Å². The number of carbonyl (C=O) groups excluding carboxylic acids is 1. The first-order chi connectivity index (χ1) is 13.0. The Hall–Kier alpha value is -2.40. The number of piperazine rings is 1. The van der Waals surface area contributed by atoms with Crippen LogP contribution in [-0.2, 0) is 4.79 Å². The van der Waals surface area contributed by atoms with Crippen molar-refractivity contribution in [3.63, 3.8) is 0 Å². The number of carbonyl (C=O) groups is 1. The Morgan fingerprint density at radius 1 is 1.07 bits per heavy atom. The molecule has 2 aromatic rings. The molecule has 144 valence electrons. The van der Waals surface area contributed by atoms with Gasteiger partial charge in [0.15, 0.2) is 17.6 Å². The summed E-state index contributed by atoms with van der Waals surface area (Å²) >= 11 is 6.14. The maximum absolute atomic E-state index is 12.8. The standard InChI is InChI=1S/C21H25ClN2O3/c1-15-8-9-17(22)14-18(15)23-10-12-24(13-11-23)21(25)16(2)27-20-7-5-4-6-19(20)26-3/h4-9,14,16H,10-13H2,1-3H3/t16-/m1/s1. The van der Waals surface area contributed by atoms with Gasteiger partial charge in [0, 0.05) is 36.9 Å². The molecule has 1 aliphatic heterocycles. The summed E-state index contributed by atoms with van der Waals surface area (Å²) in [4.78, 5) is 16.9. The van der Waals surface area contributed by atoms with Gasteiger partial charge in [-0.05, 0) is 43.7 Å². The highest BCUT2D eigenvalue weighted by atomic mass is 35.5. The first kappa shape index (κ1) is 19.4. The molecule has 0 bridgehead atoms. The second kappa shape index (κ2) is 8.53. The summed E-state index contributed by atoms with van der Waals surface area (Å²) < 4.78 is 11.1. The van der Waals surface area contributed by atoms with Crippen LogP contribution in [0.1, 0.15) is 12.5 Å². The van der Waals surface area contributed by atoms with Gasteiger partial charge in [0.2, 0.25) is 0 Å². The molecule has 0 radical (unpaired) electrons. The molecule has 0 spiro atoms. The summed E-state index contributed by atoms with van der Waals surface area (Å²) in [6.45, 7) is 6.71. The number of para-hydroxylation sites is 2. The van der Waals surface area contributed by atoms with Crippen molar-refractivity contribution in [2.75, 3.05) is 38.2 Å². The van der Waals surface area contributed by atoms with Gasteiger partial charge in [0.05, 0.1) is 7.11 Å². The molecule has 6 heteroatoms. The second-order valence-corrected chi connectivity index (χ2v) is 7.09. The van der Waals surface area contributed by atoms with Gasteiger partial charge in [-0.25, -0.2) is 0 Å². The predicted molar refractivity (Wildman–Crippen MR) is 108 cm³/mol. The zero-order valence-corrected chi connectivity index (χ0v) is 16.7. The molecule has 1 amide bonds. The van der Waals surface area contributed by atoms with E-state index >= 15 is 0 Å². The number of nitrogens with zero attached hydrogens (tertiary/aromatic N) is 2. The van der Waals surface area contributed by atoms with E-state index in [0.717, 1.165) is 23.8 Å². The highest BCUT2D eigenvalue weighted by Crippen LogP contribution is 2.28. The number of methoxy groups -OCH3 is 1. The molecule has 27 heavy (non-hydrogen) atoms. The zero-order valence-electron chi connectivity index (χ0n) is 15.9. The molecular formula is C21H25ClN2O3. The first-order valence-electron chi connectivity index (χ1n) is 9.09. The predicted octanol–water partition coefficient (Wildman–Crippen LogP) is 3.77. The van der Waals surface area contributed by atoms with E-state index in [1.54, 1.807) is 14.0 Å². The van der Waals surface area contributed by atoms with Crippen LogP contribution in [0, 0.1) is 6.92 Å². The minimum absolute atomic E-state index is 0.0108. The van der Waals surface area contributed by atoms with Gasteiger partial charge in [-0.2, -0.15) is 0 Å². The van der Waals surface area contributed by atoms with Crippen LogP contribution in [-0.4, -0.2) is 50.2 Å². The Labute approximate surface area is 165 Å². The molecule has 0 aromatic heterocycles. The molecule has 1 heterocycles. The third kappa shape index (κ3) is 4.48. The fourth-order valence-electron chi connectivity index (χ4n) is 3.31. The number of halogens is 1. The molecule has 1 atom stereocenters. The molecule has 2 aromatic carbocycles. The van der Waals surface area contributed by atoms with E-state index in [4.69, 9.17) is 21.1 Å². The van der Waals surface area contributed by atoms with E-state index in [9.17, 15) is 4.79 Å². The lowest BCUT2D eigenvalue weighted by molar-refractivity contribution is -0.138. The second-order valence-electron chi connectivity index (χ2n) is 6.65. The van der Waals surface area contributed by atoms with Gasteiger partial charge in [-0.1, -0.05) is 29.8 Å². The average molecular weight is 389 g/mol. The highest BCUT2D eigenvalue weighted by Gasteiger charge is 2.27. The van der Waals surface area contributed by atoms with Crippen molar-refractivity contribution in [1.29, 1.82) is 0 Å². The number of amides is 1. The fourth-order valence-corrected chi connectivity index (χ4v) is 3.47. The minimum atomic E-state index is -0.569. The Balaban J connectivity index is 1.60. The largest absolute Gasteiger partial charge is 0.493 e. The van der Waals surface area contributed by atoms with Crippen LogP contribution in [0.3, 0.4) is 0 Å². The Morgan fingerprint density at radius 3 is 2.41 bits per heavy atom. The summed E-state index contributed by atoms with van der Waals surface area (Å²) in [5.74, 6) is 1.19. The normalized spacial score (nSPS) is 15.4. The lowest BCUT2D eigenvalue weighted by Gasteiger charge is -2.37. The summed E-state index contributed by atoms with van der Waals surface area (Å²) in [7, 11) is 1.59. The lowest BCUT2D eigenvalue weighted by Crippen LogP contribution is -2.52. The molecule has 0 unspecified atom stereocenters. The fraction of sp³-hybridized carbons (Fsp3) is 0.381. The third-order valence-electron chi connectivity index (χ3n) is 4.82. The zero-order chi connectivity index (χ0) is 19.4. The first-order valence-corrected chi connectivity index (χ1v) is 9.47. The summed E-state index contributed by atoms with van der Waals surface area (Å²) in [6.07, 6.45) is -0.569. The Bertz CT molecular complexity index is 804. The number of aryl methyl sites for hydroxylation is 1. The van der Waals surface area contributed by atoms with Crippen molar-refractivity contribution in [3.05, 3.63) is 53.1 Å². The molecule has 3 rings (SSSR count). The van der Waals surface area contributed by atoms with Crippen molar-refractivity contribution in [3.8, 4) is 11.5 Å². The van der Waals surface area contributed by atoms with Crippen molar-refractivity contribution < 1.29 is 14.3 Å². The number of rotatable bonds is 5. The molecule has 1 saturated heterocycles. The van der Waals surface area contributed by atoms with Crippen molar-refractivity contribution in [2.24, 2.45) is 0 Å². The Morgan fingerprint density at radius 2 is 1.74 bits per heavy atom. The van der Waals surface area contributed by atoms with E-state index < -0.39 is 6.10 Å². The van der Waals surface area contributed by atoms with Gasteiger partial charge in [-0.3, -0.25) is 4.79 Å². The molecule has 1 aliphatic rings. The monoisotopic (exact) mass is 388 g/mol. The van der Waals surface area contributed by atoms with Gasteiger partial charge >= 0.3 is 0 Å². The summed E-state index contributed by atoms with van der Waals surface area (Å²) in [6, 6.07) is 13.3.